The molecule has 2 aromatic rings. The quantitative estimate of drug-likeness (QED) is 0.546. The zero-order valence-electron chi connectivity index (χ0n) is 16.0. The summed E-state index contributed by atoms with van der Waals surface area (Å²) >= 11 is 0. The van der Waals surface area contributed by atoms with Crippen molar-refractivity contribution in [3.63, 3.8) is 0 Å². The molecule has 0 radical (unpaired) electrons. The van der Waals surface area contributed by atoms with Gasteiger partial charge in [-0.2, -0.15) is 0 Å². The predicted molar refractivity (Wildman–Crippen MR) is 107 cm³/mol. The monoisotopic (exact) mass is 421 g/mol. The van der Waals surface area contributed by atoms with Gasteiger partial charge in [-0.05, 0) is 55.8 Å². The molecule has 10 heteroatoms. The van der Waals surface area contributed by atoms with E-state index in [0.717, 1.165) is 0 Å². The zero-order chi connectivity index (χ0) is 21.4. The SMILES string of the molecule is CCOc1ccc(OC(C)C(=O)NNC(=O)c2cccc(CS(N)(=O)=O)c2)cc1. The van der Waals surface area contributed by atoms with Crippen LogP contribution in [0.4, 0.5) is 0 Å². The second-order valence-electron chi connectivity index (χ2n) is 6.12. The van der Waals surface area contributed by atoms with Crippen LogP contribution >= 0.6 is 0 Å². The summed E-state index contributed by atoms with van der Waals surface area (Å²) in [6.07, 6.45) is -0.873. The van der Waals surface area contributed by atoms with Crippen molar-refractivity contribution in [1.29, 1.82) is 0 Å². The van der Waals surface area contributed by atoms with Crippen LogP contribution in [0.15, 0.2) is 48.5 Å². The van der Waals surface area contributed by atoms with Crippen molar-refractivity contribution in [2.45, 2.75) is 25.7 Å². The number of ether oxygens (including phenoxy) is 2. The molecule has 2 rings (SSSR count). The molecule has 1 unspecified atom stereocenters. The highest BCUT2D eigenvalue weighted by Crippen LogP contribution is 2.18. The number of carbonyl (C=O) groups excluding carboxylic acids is 2. The maximum atomic E-state index is 12.2. The third-order valence-corrected chi connectivity index (χ3v) is 4.41. The lowest BCUT2D eigenvalue weighted by atomic mass is 10.1. The topological polar surface area (TPSA) is 137 Å². The summed E-state index contributed by atoms with van der Waals surface area (Å²) < 4.78 is 33.2. The molecule has 2 aromatic carbocycles. The van der Waals surface area contributed by atoms with Crippen molar-refractivity contribution in [1.82, 2.24) is 10.9 Å². The standard InChI is InChI=1S/C19H23N3O6S/c1-3-27-16-7-9-17(10-8-16)28-13(2)18(23)21-22-19(24)15-6-4-5-14(11-15)12-29(20,25)26/h4-11,13H,3,12H2,1-2H3,(H,21,23)(H,22,24)(H2,20,25,26). The van der Waals surface area contributed by atoms with E-state index in [1.807, 2.05) is 6.92 Å². The maximum Gasteiger partial charge on any atom is 0.279 e. The Kier molecular flexibility index (Phi) is 7.57. The normalized spacial score (nSPS) is 12.0. The van der Waals surface area contributed by atoms with Crippen LogP contribution < -0.4 is 25.5 Å². The van der Waals surface area contributed by atoms with E-state index in [9.17, 15) is 18.0 Å². The number of hydrogen-bond acceptors (Lipinski definition) is 6. The van der Waals surface area contributed by atoms with Crippen LogP contribution in [0.3, 0.4) is 0 Å². The van der Waals surface area contributed by atoms with Crippen LogP contribution in [0.5, 0.6) is 11.5 Å². The lowest BCUT2D eigenvalue weighted by Gasteiger charge is -2.15. The van der Waals surface area contributed by atoms with Crippen molar-refractivity contribution in [2.75, 3.05) is 6.61 Å². The molecule has 0 heterocycles. The van der Waals surface area contributed by atoms with E-state index in [-0.39, 0.29) is 5.56 Å². The average Bonchev–Trinajstić information content (AvgIpc) is 2.66. The predicted octanol–water partition coefficient (Wildman–Crippen LogP) is 1.10. The first-order chi connectivity index (χ1) is 13.7. The second kappa shape index (κ2) is 9.89. The number of hydrazine groups is 1. The molecule has 0 aromatic heterocycles. The van der Waals surface area contributed by atoms with Crippen LogP contribution in [0, 0.1) is 0 Å². The van der Waals surface area contributed by atoms with Gasteiger partial charge in [-0.25, -0.2) is 13.6 Å². The number of primary sulfonamides is 1. The molecule has 0 aliphatic heterocycles. The van der Waals surface area contributed by atoms with Gasteiger partial charge in [-0.15, -0.1) is 0 Å². The van der Waals surface area contributed by atoms with Crippen LogP contribution in [0.25, 0.3) is 0 Å². The Morgan fingerprint density at radius 1 is 1.07 bits per heavy atom. The molecule has 0 aliphatic carbocycles. The van der Waals surface area contributed by atoms with Gasteiger partial charge in [-0.1, -0.05) is 12.1 Å². The van der Waals surface area contributed by atoms with Gasteiger partial charge in [0.15, 0.2) is 6.10 Å². The van der Waals surface area contributed by atoms with Crippen molar-refractivity contribution in [3.8, 4) is 11.5 Å². The summed E-state index contributed by atoms with van der Waals surface area (Å²) in [7, 11) is -3.72. The Hall–Kier alpha value is -3.11. The van der Waals surface area contributed by atoms with Crippen molar-refractivity contribution < 1.29 is 27.5 Å². The largest absolute Gasteiger partial charge is 0.494 e. The molecule has 0 saturated carbocycles. The molecule has 0 bridgehead atoms. The summed E-state index contributed by atoms with van der Waals surface area (Å²) in [5, 5.41) is 5.01. The zero-order valence-corrected chi connectivity index (χ0v) is 16.9. The summed E-state index contributed by atoms with van der Waals surface area (Å²) in [5.41, 5.74) is 5.06. The van der Waals surface area contributed by atoms with Gasteiger partial charge in [0, 0.05) is 5.56 Å². The first kappa shape index (κ1) is 22.2. The number of carbonyl (C=O) groups is 2. The van der Waals surface area contributed by atoms with Gasteiger partial charge in [0.25, 0.3) is 11.8 Å². The number of rotatable bonds is 8. The molecular formula is C19H23N3O6S. The van der Waals surface area contributed by atoms with Crippen LogP contribution in [0.2, 0.25) is 0 Å². The molecule has 4 N–H and O–H groups in total. The van der Waals surface area contributed by atoms with Crippen LogP contribution in [-0.2, 0) is 20.6 Å². The average molecular weight is 421 g/mol. The number of sulfonamides is 1. The van der Waals surface area contributed by atoms with E-state index < -0.39 is 33.7 Å². The van der Waals surface area contributed by atoms with E-state index in [4.69, 9.17) is 14.6 Å². The molecular weight excluding hydrogens is 398 g/mol. The minimum absolute atomic E-state index is 0.173. The summed E-state index contributed by atoms with van der Waals surface area (Å²) in [4.78, 5) is 24.3. The van der Waals surface area contributed by atoms with Crippen molar-refractivity contribution >= 4 is 21.8 Å². The number of amides is 2. The molecule has 156 valence electrons. The molecule has 0 fully saturated rings. The Morgan fingerprint density at radius 2 is 1.72 bits per heavy atom. The fourth-order valence-electron chi connectivity index (χ4n) is 2.37. The Bertz CT molecular complexity index is 960. The highest BCUT2D eigenvalue weighted by atomic mass is 32.2. The third-order valence-electron chi connectivity index (χ3n) is 3.67. The van der Waals surface area contributed by atoms with Gasteiger partial charge in [0.05, 0.1) is 12.4 Å². The fourth-order valence-corrected chi connectivity index (χ4v) is 3.01. The minimum Gasteiger partial charge on any atom is -0.494 e. The Morgan fingerprint density at radius 3 is 2.34 bits per heavy atom. The third kappa shape index (κ3) is 7.43. The lowest BCUT2D eigenvalue weighted by Crippen LogP contribution is -2.47. The first-order valence-corrected chi connectivity index (χ1v) is 10.5. The van der Waals surface area contributed by atoms with E-state index in [2.05, 4.69) is 10.9 Å². The molecule has 1 atom stereocenters. The second-order valence-corrected chi connectivity index (χ2v) is 7.73. The van der Waals surface area contributed by atoms with Gasteiger partial charge in [-0.3, -0.25) is 20.4 Å². The highest BCUT2D eigenvalue weighted by Gasteiger charge is 2.16. The van der Waals surface area contributed by atoms with Crippen LogP contribution in [-0.4, -0.2) is 32.9 Å². The van der Waals surface area contributed by atoms with Crippen molar-refractivity contribution in [3.05, 3.63) is 59.7 Å². The number of benzene rings is 2. The van der Waals surface area contributed by atoms with Gasteiger partial charge in [0.2, 0.25) is 10.0 Å². The Balaban J connectivity index is 1.89. The van der Waals surface area contributed by atoms with Crippen LogP contribution in [0.1, 0.15) is 29.8 Å². The molecule has 0 aliphatic rings. The summed E-state index contributed by atoms with van der Waals surface area (Å²) in [6, 6.07) is 12.7. The summed E-state index contributed by atoms with van der Waals surface area (Å²) in [5.74, 6) is -0.407. The van der Waals surface area contributed by atoms with Crippen molar-refractivity contribution in [2.24, 2.45) is 5.14 Å². The summed E-state index contributed by atoms with van der Waals surface area (Å²) in [6.45, 7) is 3.95. The molecule has 29 heavy (non-hydrogen) atoms. The molecule has 0 saturated heterocycles. The smallest absolute Gasteiger partial charge is 0.279 e. The Labute approximate surface area is 169 Å². The number of hydrogen-bond donors (Lipinski definition) is 3. The maximum absolute atomic E-state index is 12.2. The van der Waals surface area contributed by atoms with E-state index >= 15 is 0 Å². The number of nitrogens with two attached hydrogens (primary N) is 1. The van der Waals surface area contributed by atoms with Gasteiger partial charge < -0.3 is 9.47 Å². The van der Waals surface area contributed by atoms with E-state index in [1.165, 1.54) is 31.2 Å². The van der Waals surface area contributed by atoms with E-state index in [0.29, 0.717) is 23.7 Å². The van der Waals surface area contributed by atoms with E-state index in [1.54, 1.807) is 24.3 Å². The molecule has 2 amide bonds. The highest BCUT2D eigenvalue weighted by molar-refractivity contribution is 7.88. The minimum atomic E-state index is -3.72. The van der Waals surface area contributed by atoms with Gasteiger partial charge >= 0.3 is 0 Å². The number of nitrogens with one attached hydrogen (secondary N) is 2. The lowest BCUT2D eigenvalue weighted by molar-refractivity contribution is -0.128. The fraction of sp³-hybridized carbons (Fsp3) is 0.263. The first-order valence-electron chi connectivity index (χ1n) is 8.77. The molecule has 9 nitrogen and oxygen atoms in total. The van der Waals surface area contributed by atoms with Gasteiger partial charge in [0.1, 0.15) is 11.5 Å². The molecule has 0 spiro atoms.